The van der Waals surface area contributed by atoms with Crippen molar-refractivity contribution in [3.63, 3.8) is 0 Å². The molecule has 3 rings (SSSR count). The van der Waals surface area contributed by atoms with Crippen LogP contribution in [0.2, 0.25) is 0 Å². The highest BCUT2D eigenvalue weighted by molar-refractivity contribution is 9.10. The molecule has 0 atom stereocenters. The molecular formula is C22H19BrN2O3. The number of rotatable bonds is 8. The lowest BCUT2D eigenvalue weighted by atomic mass is 10.2. The largest absolute Gasteiger partial charge is 0.490 e. The zero-order valence-corrected chi connectivity index (χ0v) is 16.6. The van der Waals surface area contributed by atoms with Crippen molar-refractivity contribution in [2.45, 2.75) is 0 Å². The predicted molar refractivity (Wildman–Crippen MR) is 113 cm³/mol. The van der Waals surface area contributed by atoms with Crippen molar-refractivity contribution in [1.82, 2.24) is 5.43 Å². The Balaban J connectivity index is 1.40. The number of amides is 1. The van der Waals surface area contributed by atoms with Gasteiger partial charge in [-0.15, -0.1) is 0 Å². The van der Waals surface area contributed by atoms with Crippen LogP contribution in [0.15, 0.2) is 88.4 Å². The fourth-order valence-electron chi connectivity index (χ4n) is 2.32. The molecule has 1 amide bonds. The van der Waals surface area contributed by atoms with Crippen molar-refractivity contribution in [3.8, 4) is 11.5 Å². The first-order valence-corrected chi connectivity index (χ1v) is 9.50. The van der Waals surface area contributed by atoms with E-state index in [1.165, 1.54) is 0 Å². The summed E-state index contributed by atoms with van der Waals surface area (Å²) in [6.45, 7) is 0.896. The Hall–Kier alpha value is -3.12. The minimum absolute atomic E-state index is 0.248. The molecule has 0 aliphatic rings. The van der Waals surface area contributed by atoms with Crippen LogP contribution in [0, 0.1) is 0 Å². The number of ether oxygens (including phenoxy) is 2. The van der Waals surface area contributed by atoms with Gasteiger partial charge in [0.25, 0.3) is 5.91 Å². The zero-order valence-electron chi connectivity index (χ0n) is 15.0. The number of hydrogen-bond acceptors (Lipinski definition) is 4. The SMILES string of the molecule is O=C(N/N=C\c1ccc(OCCOc2ccc(Br)cc2)cc1)c1ccccc1. The van der Waals surface area contributed by atoms with Crippen molar-refractivity contribution < 1.29 is 14.3 Å². The number of halogens is 1. The Kier molecular flexibility index (Phi) is 7.21. The van der Waals surface area contributed by atoms with Gasteiger partial charge in [-0.2, -0.15) is 5.10 Å². The van der Waals surface area contributed by atoms with Gasteiger partial charge in [-0.25, -0.2) is 5.43 Å². The van der Waals surface area contributed by atoms with Crippen LogP contribution >= 0.6 is 15.9 Å². The molecule has 0 saturated heterocycles. The lowest BCUT2D eigenvalue weighted by Gasteiger charge is -2.08. The van der Waals surface area contributed by atoms with Gasteiger partial charge in [0.05, 0.1) is 6.21 Å². The van der Waals surface area contributed by atoms with Crippen LogP contribution in [0.25, 0.3) is 0 Å². The molecule has 0 radical (unpaired) electrons. The molecule has 3 aromatic carbocycles. The number of hydrazone groups is 1. The first kappa shape index (κ1) is 19.6. The van der Waals surface area contributed by atoms with Gasteiger partial charge in [-0.3, -0.25) is 4.79 Å². The van der Waals surface area contributed by atoms with E-state index >= 15 is 0 Å². The molecule has 0 spiro atoms. The zero-order chi connectivity index (χ0) is 19.6. The molecule has 5 nitrogen and oxygen atoms in total. The van der Waals surface area contributed by atoms with Gasteiger partial charge in [0.1, 0.15) is 24.7 Å². The number of hydrogen-bond donors (Lipinski definition) is 1. The van der Waals surface area contributed by atoms with Gasteiger partial charge >= 0.3 is 0 Å². The van der Waals surface area contributed by atoms with E-state index in [0.29, 0.717) is 18.8 Å². The minimum Gasteiger partial charge on any atom is -0.490 e. The Bertz CT molecular complexity index is 911. The second-order valence-electron chi connectivity index (χ2n) is 5.79. The van der Waals surface area contributed by atoms with Crippen LogP contribution in [0.5, 0.6) is 11.5 Å². The smallest absolute Gasteiger partial charge is 0.271 e. The van der Waals surface area contributed by atoms with Gasteiger partial charge in [-0.1, -0.05) is 34.1 Å². The van der Waals surface area contributed by atoms with E-state index in [1.54, 1.807) is 30.5 Å². The maximum atomic E-state index is 11.9. The van der Waals surface area contributed by atoms with Gasteiger partial charge < -0.3 is 9.47 Å². The van der Waals surface area contributed by atoms with E-state index in [9.17, 15) is 4.79 Å². The highest BCUT2D eigenvalue weighted by Crippen LogP contribution is 2.16. The Morgan fingerprint density at radius 3 is 2.04 bits per heavy atom. The average molecular weight is 439 g/mol. The lowest BCUT2D eigenvalue weighted by molar-refractivity contribution is 0.0955. The fraction of sp³-hybridized carbons (Fsp3) is 0.0909. The summed E-state index contributed by atoms with van der Waals surface area (Å²) in [5.74, 6) is 1.29. The third-order valence-electron chi connectivity index (χ3n) is 3.73. The maximum Gasteiger partial charge on any atom is 0.271 e. The van der Waals surface area contributed by atoms with Crippen molar-refractivity contribution >= 4 is 28.1 Å². The summed E-state index contributed by atoms with van der Waals surface area (Å²) >= 11 is 3.39. The van der Waals surface area contributed by atoms with E-state index in [1.807, 2.05) is 54.6 Å². The number of benzene rings is 3. The van der Waals surface area contributed by atoms with Crippen molar-refractivity contribution in [1.29, 1.82) is 0 Å². The molecular weight excluding hydrogens is 420 g/mol. The maximum absolute atomic E-state index is 11.9. The first-order valence-electron chi connectivity index (χ1n) is 8.70. The molecule has 0 aliphatic heterocycles. The number of carbonyl (C=O) groups excluding carboxylic acids is 1. The van der Waals surface area contributed by atoms with Gasteiger partial charge in [-0.05, 0) is 66.2 Å². The predicted octanol–water partition coefficient (Wildman–Crippen LogP) is 4.67. The molecule has 0 aliphatic carbocycles. The van der Waals surface area contributed by atoms with Gasteiger partial charge in [0.15, 0.2) is 0 Å². The topological polar surface area (TPSA) is 59.9 Å². The second kappa shape index (κ2) is 10.3. The fourth-order valence-corrected chi connectivity index (χ4v) is 2.58. The quantitative estimate of drug-likeness (QED) is 0.315. The monoisotopic (exact) mass is 438 g/mol. The van der Waals surface area contributed by atoms with Crippen molar-refractivity contribution in [2.24, 2.45) is 5.10 Å². The normalized spacial score (nSPS) is 10.6. The second-order valence-corrected chi connectivity index (χ2v) is 6.70. The summed E-state index contributed by atoms with van der Waals surface area (Å²) in [6, 6.07) is 24.0. The number of carbonyl (C=O) groups is 1. The molecule has 0 saturated carbocycles. The van der Waals surface area contributed by atoms with E-state index in [4.69, 9.17) is 9.47 Å². The molecule has 1 N–H and O–H groups in total. The third-order valence-corrected chi connectivity index (χ3v) is 4.26. The Morgan fingerprint density at radius 2 is 1.43 bits per heavy atom. The molecule has 28 heavy (non-hydrogen) atoms. The van der Waals surface area contributed by atoms with Gasteiger partial charge in [0, 0.05) is 10.0 Å². The molecule has 142 valence electrons. The summed E-state index contributed by atoms with van der Waals surface area (Å²) in [6.07, 6.45) is 1.58. The summed E-state index contributed by atoms with van der Waals surface area (Å²) in [5, 5.41) is 3.97. The third kappa shape index (κ3) is 6.25. The summed E-state index contributed by atoms with van der Waals surface area (Å²) < 4.78 is 12.3. The molecule has 0 bridgehead atoms. The number of nitrogens with zero attached hydrogens (tertiary/aromatic N) is 1. The van der Waals surface area contributed by atoms with Crippen LogP contribution in [-0.4, -0.2) is 25.3 Å². The molecule has 3 aromatic rings. The Labute approximate surface area is 172 Å². The van der Waals surface area contributed by atoms with Crippen LogP contribution in [0.4, 0.5) is 0 Å². The first-order chi connectivity index (χ1) is 13.7. The minimum atomic E-state index is -0.248. The van der Waals surface area contributed by atoms with Crippen LogP contribution in [0.3, 0.4) is 0 Å². The van der Waals surface area contributed by atoms with Crippen LogP contribution in [0.1, 0.15) is 15.9 Å². The summed E-state index contributed by atoms with van der Waals surface area (Å²) in [7, 11) is 0. The standard InChI is InChI=1S/C22H19BrN2O3/c23-19-8-12-21(13-9-19)28-15-14-27-20-10-6-17(7-11-20)16-24-25-22(26)18-4-2-1-3-5-18/h1-13,16H,14-15H2,(H,25,26)/b24-16-. The van der Waals surface area contributed by atoms with E-state index in [-0.39, 0.29) is 5.91 Å². The molecule has 0 heterocycles. The lowest BCUT2D eigenvalue weighted by Crippen LogP contribution is -2.17. The Morgan fingerprint density at radius 1 is 0.857 bits per heavy atom. The van der Waals surface area contributed by atoms with E-state index in [0.717, 1.165) is 21.5 Å². The summed E-state index contributed by atoms with van der Waals surface area (Å²) in [5.41, 5.74) is 3.92. The molecule has 0 aromatic heterocycles. The summed E-state index contributed by atoms with van der Waals surface area (Å²) in [4.78, 5) is 11.9. The van der Waals surface area contributed by atoms with Gasteiger partial charge in [0.2, 0.25) is 0 Å². The number of nitrogens with one attached hydrogen (secondary N) is 1. The average Bonchev–Trinajstić information content (AvgIpc) is 2.74. The van der Waals surface area contributed by atoms with E-state index in [2.05, 4.69) is 26.5 Å². The van der Waals surface area contributed by atoms with Crippen molar-refractivity contribution in [3.05, 3.63) is 94.5 Å². The molecule has 6 heteroatoms. The van der Waals surface area contributed by atoms with Crippen LogP contribution in [-0.2, 0) is 0 Å². The highest BCUT2D eigenvalue weighted by Gasteiger charge is 2.01. The van der Waals surface area contributed by atoms with Crippen LogP contribution < -0.4 is 14.9 Å². The molecule has 0 unspecified atom stereocenters. The highest BCUT2D eigenvalue weighted by atomic mass is 79.9. The van der Waals surface area contributed by atoms with Crippen molar-refractivity contribution in [2.75, 3.05) is 13.2 Å². The molecule has 0 fully saturated rings. The van der Waals surface area contributed by atoms with E-state index < -0.39 is 0 Å².